The van der Waals surface area contributed by atoms with Crippen LogP contribution in [0.15, 0.2) is 46.9 Å². The van der Waals surface area contributed by atoms with Crippen LogP contribution >= 0.6 is 15.9 Å². The van der Waals surface area contributed by atoms with E-state index in [0.29, 0.717) is 0 Å². The number of halogens is 1. The minimum absolute atomic E-state index is 0.129. The molecule has 0 atom stereocenters. The lowest BCUT2D eigenvalue weighted by Crippen LogP contribution is -2.38. The third kappa shape index (κ3) is 3.20. The van der Waals surface area contributed by atoms with Gasteiger partial charge >= 0.3 is 0 Å². The maximum Gasteiger partial charge on any atom is 0.235 e. The summed E-state index contributed by atoms with van der Waals surface area (Å²) in [4.78, 5) is 13.1. The molecular formula is C20H22BrNO. The Hall–Kier alpha value is -1.61. The summed E-state index contributed by atoms with van der Waals surface area (Å²) < 4.78 is 1.05. The average Bonchev–Trinajstić information content (AvgIpc) is 3.01. The third-order valence-electron chi connectivity index (χ3n) is 4.92. The summed E-state index contributed by atoms with van der Waals surface area (Å²) in [6.07, 6.45) is 4.06. The molecule has 0 spiro atoms. The lowest BCUT2D eigenvalue weighted by Gasteiger charge is -2.29. The van der Waals surface area contributed by atoms with Crippen molar-refractivity contribution in [2.24, 2.45) is 0 Å². The van der Waals surface area contributed by atoms with E-state index in [2.05, 4.69) is 46.4 Å². The molecule has 0 aromatic heterocycles. The molecule has 1 N–H and O–H groups in total. The van der Waals surface area contributed by atoms with Gasteiger partial charge in [-0.05, 0) is 56.0 Å². The second-order valence-electron chi connectivity index (χ2n) is 6.57. The zero-order valence-electron chi connectivity index (χ0n) is 13.7. The Morgan fingerprint density at radius 3 is 2.30 bits per heavy atom. The lowest BCUT2D eigenvalue weighted by atomic mass is 9.78. The fraction of sp³-hybridized carbons (Fsp3) is 0.350. The highest BCUT2D eigenvalue weighted by Gasteiger charge is 2.42. The highest BCUT2D eigenvalue weighted by Crippen LogP contribution is 2.42. The number of anilines is 1. The molecule has 1 amide bonds. The monoisotopic (exact) mass is 371 g/mol. The second-order valence-corrected chi connectivity index (χ2v) is 7.48. The second kappa shape index (κ2) is 6.48. The van der Waals surface area contributed by atoms with Crippen LogP contribution in [0.5, 0.6) is 0 Å². The lowest BCUT2D eigenvalue weighted by molar-refractivity contribution is -0.121. The molecule has 3 heteroatoms. The number of hydrogen-bond donors (Lipinski definition) is 1. The topological polar surface area (TPSA) is 29.1 Å². The number of nitrogens with one attached hydrogen (secondary N) is 1. The highest BCUT2D eigenvalue weighted by molar-refractivity contribution is 9.10. The standard InChI is InChI=1S/C20H22BrNO/c1-14-5-10-18(15(2)13-14)22-19(23)20(11-3-4-12-20)16-6-8-17(21)9-7-16/h5-10,13H,3-4,11-12H2,1-2H3,(H,22,23). The Morgan fingerprint density at radius 1 is 1.04 bits per heavy atom. The summed E-state index contributed by atoms with van der Waals surface area (Å²) in [5, 5.41) is 3.18. The van der Waals surface area contributed by atoms with Crippen LogP contribution in [0.25, 0.3) is 0 Å². The number of rotatable bonds is 3. The van der Waals surface area contributed by atoms with Gasteiger partial charge in [0.1, 0.15) is 0 Å². The molecule has 1 saturated carbocycles. The molecule has 2 nitrogen and oxygen atoms in total. The van der Waals surface area contributed by atoms with Crippen LogP contribution in [0.3, 0.4) is 0 Å². The number of aryl methyl sites for hydroxylation is 2. The van der Waals surface area contributed by atoms with Gasteiger partial charge in [0.05, 0.1) is 5.41 Å². The Labute approximate surface area is 146 Å². The maximum atomic E-state index is 13.1. The van der Waals surface area contributed by atoms with Gasteiger partial charge in [-0.15, -0.1) is 0 Å². The van der Waals surface area contributed by atoms with Crippen molar-refractivity contribution in [2.75, 3.05) is 5.32 Å². The van der Waals surface area contributed by atoms with E-state index in [9.17, 15) is 4.79 Å². The number of benzene rings is 2. The van der Waals surface area contributed by atoms with Gasteiger partial charge in [-0.1, -0.05) is 58.6 Å². The zero-order chi connectivity index (χ0) is 16.4. The van der Waals surface area contributed by atoms with E-state index >= 15 is 0 Å². The van der Waals surface area contributed by atoms with E-state index < -0.39 is 5.41 Å². The minimum atomic E-state index is -0.391. The minimum Gasteiger partial charge on any atom is -0.325 e. The van der Waals surface area contributed by atoms with Crippen molar-refractivity contribution < 1.29 is 4.79 Å². The molecule has 0 saturated heterocycles. The first-order valence-corrected chi connectivity index (χ1v) is 8.95. The van der Waals surface area contributed by atoms with Gasteiger partial charge < -0.3 is 5.32 Å². The largest absolute Gasteiger partial charge is 0.325 e. The van der Waals surface area contributed by atoms with Gasteiger partial charge in [-0.25, -0.2) is 0 Å². The van der Waals surface area contributed by atoms with Gasteiger partial charge in [0, 0.05) is 10.2 Å². The van der Waals surface area contributed by atoms with Gasteiger partial charge in [0.2, 0.25) is 5.91 Å². The molecule has 0 bridgehead atoms. The molecule has 0 aliphatic heterocycles. The molecule has 23 heavy (non-hydrogen) atoms. The Balaban J connectivity index is 1.91. The van der Waals surface area contributed by atoms with Crippen LogP contribution in [0, 0.1) is 13.8 Å². The molecule has 3 rings (SSSR count). The maximum absolute atomic E-state index is 13.1. The Bertz CT molecular complexity index is 715. The van der Waals surface area contributed by atoms with Crippen molar-refractivity contribution in [1.82, 2.24) is 0 Å². The Kier molecular flexibility index (Phi) is 4.58. The predicted octanol–water partition coefficient (Wildman–Crippen LogP) is 5.52. The fourth-order valence-electron chi connectivity index (χ4n) is 3.59. The van der Waals surface area contributed by atoms with Crippen LogP contribution < -0.4 is 5.32 Å². The Morgan fingerprint density at radius 2 is 1.70 bits per heavy atom. The molecule has 0 heterocycles. The molecule has 1 aliphatic carbocycles. The summed E-state index contributed by atoms with van der Waals surface area (Å²) in [6, 6.07) is 14.4. The highest BCUT2D eigenvalue weighted by atomic mass is 79.9. The summed E-state index contributed by atoms with van der Waals surface area (Å²) in [7, 11) is 0. The normalized spacial score (nSPS) is 16.3. The van der Waals surface area contributed by atoms with Crippen molar-refractivity contribution in [3.63, 3.8) is 0 Å². The van der Waals surface area contributed by atoms with E-state index in [1.165, 1.54) is 5.56 Å². The molecule has 0 radical (unpaired) electrons. The van der Waals surface area contributed by atoms with Gasteiger partial charge in [0.15, 0.2) is 0 Å². The zero-order valence-corrected chi connectivity index (χ0v) is 15.2. The number of carbonyl (C=O) groups is 1. The first kappa shape index (κ1) is 16.3. The third-order valence-corrected chi connectivity index (χ3v) is 5.45. The van der Waals surface area contributed by atoms with Gasteiger partial charge in [0.25, 0.3) is 0 Å². The number of amides is 1. The number of hydrogen-bond acceptors (Lipinski definition) is 1. The van der Waals surface area contributed by atoms with Gasteiger partial charge in [-0.2, -0.15) is 0 Å². The summed E-state index contributed by atoms with van der Waals surface area (Å²) >= 11 is 3.48. The quantitative estimate of drug-likeness (QED) is 0.756. The van der Waals surface area contributed by atoms with E-state index in [4.69, 9.17) is 0 Å². The summed E-state index contributed by atoms with van der Waals surface area (Å²) in [5.41, 5.74) is 3.98. The molecule has 1 fully saturated rings. The van der Waals surface area contributed by atoms with Gasteiger partial charge in [-0.3, -0.25) is 4.79 Å². The number of carbonyl (C=O) groups excluding carboxylic acids is 1. The van der Waals surface area contributed by atoms with E-state index in [1.54, 1.807) is 0 Å². The van der Waals surface area contributed by atoms with Crippen LogP contribution in [-0.2, 0) is 10.2 Å². The smallest absolute Gasteiger partial charge is 0.235 e. The SMILES string of the molecule is Cc1ccc(NC(=O)C2(c3ccc(Br)cc3)CCCC2)c(C)c1. The van der Waals surface area contributed by atoms with Crippen molar-refractivity contribution in [1.29, 1.82) is 0 Å². The molecule has 1 aliphatic rings. The summed E-state index contributed by atoms with van der Waals surface area (Å²) in [6.45, 7) is 4.11. The molecule has 2 aromatic rings. The van der Waals surface area contributed by atoms with Crippen LogP contribution in [0.2, 0.25) is 0 Å². The predicted molar refractivity (Wildman–Crippen MR) is 98.8 cm³/mol. The van der Waals surface area contributed by atoms with Crippen molar-refractivity contribution in [3.05, 3.63) is 63.6 Å². The molecule has 120 valence electrons. The molecular weight excluding hydrogens is 350 g/mol. The summed E-state index contributed by atoms with van der Waals surface area (Å²) in [5.74, 6) is 0.129. The first-order valence-electron chi connectivity index (χ1n) is 8.16. The van der Waals surface area contributed by atoms with Crippen molar-refractivity contribution >= 4 is 27.5 Å². The van der Waals surface area contributed by atoms with E-state index in [0.717, 1.165) is 47.0 Å². The van der Waals surface area contributed by atoms with Crippen molar-refractivity contribution in [2.45, 2.75) is 44.9 Å². The van der Waals surface area contributed by atoms with Crippen LogP contribution in [0.4, 0.5) is 5.69 Å². The fourth-order valence-corrected chi connectivity index (χ4v) is 3.85. The molecule has 0 unspecified atom stereocenters. The van der Waals surface area contributed by atoms with Crippen LogP contribution in [0.1, 0.15) is 42.4 Å². The average molecular weight is 372 g/mol. The van der Waals surface area contributed by atoms with E-state index in [1.807, 2.05) is 31.2 Å². The van der Waals surface area contributed by atoms with Crippen LogP contribution in [-0.4, -0.2) is 5.91 Å². The van der Waals surface area contributed by atoms with E-state index in [-0.39, 0.29) is 5.91 Å². The first-order chi connectivity index (χ1) is 11.0. The van der Waals surface area contributed by atoms with Crippen molar-refractivity contribution in [3.8, 4) is 0 Å². The molecule has 2 aromatic carbocycles.